The van der Waals surface area contributed by atoms with Crippen LogP contribution in [0.4, 0.5) is 0 Å². The maximum atomic E-state index is 10.9. The van der Waals surface area contributed by atoms with E-state index in [1.165, 1.54) is 0 Å². The molecule has 76 valence electrons. The Morgan fingerprint density at radius 1 is 1.38 bits per heavy atom. The number of nitrogens with one attached hydrogen (secondary N) is 1. The van der Waals surface area contributed by atoms with E-state index >= 15 is 0 Å². The van der Waals surface area contributed by atoms with Crippen LogP contribution in [0.2, 0.25) is 0 Å². The van der Waals surface area contributed by atoms with Gasteiger partial charge in [-0.25, -0.2) is 0 Å². The Balaban J connectivity index is 3.40. The summed E-state index contributed by atoms with van der Waals surface area (Å²) in [4.78, 5) is 21.7. The highest BCUT2D eigenvalue weighted by molar-refractivity contribution is 5.81. The lowest BCUT2D eigenvalue weighted by molar-refractivity contribution is -0.144. The van der Waals surface area contributed by atoms with Crippen LogP contribution in [-0.4, -0.2) is 31.6 Å². The molecular weight excluding hydrogens is 172 g/mol. The predicted octanol–water partition coefficient (Wildman–Crippen LogP) is -0.595. The molecule has 1 amide bonds. The molecule has 5 heteroatoms. The molecule has 0 bridgehead atoms. The summed E-state index contributed by atoms with van der Waals surface area (Å²) in [7, 11) is 0. The Hall–Kier alpha value is -1.10. The molecule has 0 aliphatic carbocycles. The number of nitrogens with two attached hydrogens (primary N) is 1. The zero-order valence-corrected chi connectivity index (χ0v) is 7.84. The maximum absolute atomic E-state index is 10.9. The van der Waals surface area contributed by atoms with Crippen molar-refractivity contribution < 1.29 is 14.3 Å². The minimum atomic E-state index is -0.342. The van der Waals surface area contributed by atoms with E-state index < -0.39 is 0 Å². The van der Waals surface area contributed by atoms with Crippen LogP contribution in [0, 0.1) is 0 Å². The highest BCUT2D eigenvalue weighted by Crippen LogP contribution is 1.92. The second-order valence-corrected chi connectivity index (χ2v) is 2.44. The molecule has 0 radical (unpaired) electrons. The largest absolute Gasteiger partial charge is 0.466 e. The van der Waals surface area contributed by atoms with Crippen molar-refractivity contribution in [1.29, 1.82) is 0 Å². The molecule has 0 aliphatic heterocycles. The van der Waals surface area contributed by atoms with Gasteiger partial charge < -0.3 is 15.8 Å². The third-order valence-electron chi connectivity index (χ3n) is 1.33. The van der Waals surface area contributed by atoms with Crippen molar-refractivity contribution in [2.75, 3.05) is 19.7 Å². The summed E-state index contributed by atoms with van der Waals surface area (Å²) in [5.41, 5.74) is 5.17. The van der Waals surface area contributed by atoms with Gasteiger partial charge in [0, 0.05) is 19.5 Å². The molecule has 0 saturated heterocycles. The average Bonchev–Trinajstić information content (AvgIpc) is 2.12. The van der Waals surface area contributed by atoms with Crippen LogP contribution in [0.15, 0.2) is 0 Å². The molecule has 0 aromatic rings. The van der Waals surface area contributed by atoms with E-state index in [1.807, 2.05) is 0 Å². The van der Waals surface area contributed by atoms with E-state index in [0.29, 0.717) is 19.7 Å². The van der Waals surface area contributed by atoms with Crippen LogP contribution in [0.3, 0.4) is 0 Å². The summed E-state index contributed by atoms with van der Waals surface area (Å²) >= 11 is 0. The van der Waals surface area contributed by atoms with E-state index in [2.05, 4.69) is 10.1 Å². The minimum Gasteiger partial charge on any atom is -0.466 e. The van der Waals surface area contributed by atoms with Crippen molar-refractivity contribution in [3.8, 4) is 0 Å². The van der Waals surface area contributed by atoms with Crippen LogP contribution >= 0.6 is 0 Å². The third kappa shape index (κ3) is 7.27. The van der Waals surface area contributed by atoms with Crippen LogP contribution < -0.4 is 11.1 Å². The monoisotopic (exact) mass is 188 g/mol. The van der Waals surface area contributed by atoms with Gasteiger partial charge in [-0.3, -0.25) is 9.59 Å². The van der Waals surface area contributed by atoms with Gasteiger partial charge in [-0.15, -0.1) is 0 Å². The Morgan fingerprint density at radius 2 is 2.08 bits per heavy atom. The predicted molar refractivity (Wildman–Crippen MR) is 47.9 cm³/mol. The van der Waals surface area contributed by atoms with Crippen LogP contribution in [0.25, 0.3) is 0 Å². The Labute approximate surface area is 77.6 Å². The van der Waals surface area contributed by atoms with Gasteiger partial charge in [0.2, 0.25) is 5.91 Å². The first kappa shape index (κ1) is 11.9. The van der Waals surface area contributed by atoms with Crippen molar-refractivity contribution in [3.05, 3.63) is 0 Å². The van der Waals surface area contributed by atoms with Gasteiger partial charge in [0.25, 0.3) is 0 Å². The topological polar surface area (TPSA) is 81.4 Å². The van der Waals surface area contributed by atoms with Gasteiger partial charge >= 0.3 is 5.97 Å². The van der Waals surface area contributed by atoms with Gasteiger partial charge in [0.1, 0.15) is 0 Å². The highest BCUT2D eigenvalue weighted by Gasteiger charge is 2.05. The van der Waals surface area contributed by atoms with Crippen LogP contribution in [0.1, 0.15) is 19.8 Å². The molecule has 0 fully saturated rings. The zero-order chi connectivity index (χ0) is 10.1. The molecule has 0 heterocycles. The van der Waals surface area contributed by atoms with E-state index in [1.54, 1.807) is 6.92 Å². The summed E-state index contributed by atoms with van der Waals surface area (Å²) in [6.45, 7) is 2.93. The molecule has 3 N–H and O–H groups in total. The number of ether oxygens (including phenoxy) is 1. The number of hydrogen-bond donors (Lipinski definition) is 2. The molecule has 0 unspecified atom stereocenters. The highest BCUT2D eigenvalue weighted by atomic mass is 16.5. The number of hydrogen-bond acceptors (Lipinski definition) is 4. The number of rotatable bonds is 6. The summed E-state index contributed by atoms with van der Waals surface area (Å²) in [5, 5.41) is 2.56. The molecule has 13 heavy (non-hydrogen) atoms. The quantitative estimate of drug-likeness (QED) is 0.545. The van der Waals surface area contributed by atoms with Crippen LogP contribution in [0.5, 0.6) is 0 Å². The molecule has 5 nitrogen and oxygen atoms in total. The first-order valence-electron chi connectivity index (χ1n) is 4.33. The standard InChI is InChI=1S/C8H16N2O3/c1-2-13-8(12)4-3-7(11)10-6-5-9/h2-6,9H2,1H3,(H,10,11). The van der Waals surface area contributed by atoms with Gasteiger partial charge in [-0.05, 0) is 6.92 Å². The second-order valence-electron chi connectivity index (χ2n) is 2.44. The van der Waals surface area contributed by atoms with Crippen molar-refractivity contribution in [1.82, 2.24) is 5.32 Å². The van der Waals surface area contributed by atoms with Crippen molar-refractivity contribution >= 4 is 11.9 Å². The first-order valence-corrected chi connectivity index (χ1v) is 4.33. The van der Waals surface area contributed by atoms with Crippen molar-refractivity contribution in [3.63, 3.8) is 0 Å². The molecule has 0 saturated carbocycles. The SMILES string of the molecule is CCOC(=O)CCC(=O)NCCN. The summed E-state index contributed by atoms with van der Waals surface area (Å²) < 4.78 is 4.65. The lowest BCUT2D eigenvalue weighted by atomic mass is 10.3. The molecular formula is C8H16N2O3. The third-order valence-corrected chi connectivity index (χ3v) is 1.33. The summed E-state index contributed by atoms with van der Waals surface area (Å²) in [6.07, 6.45) is 0.295. The van der Waals surface area contributed by atoms with E-state index in [-0.39, 0.29) is 24.7 Å². The van der Waals surface area contributed by atoms with E-state index in [9.17, 15) is 9.59 Å². The number of carbonyl (C=O) groups excluding carboxylic acids is 2. The number of amides is 1. The van der Waals surface area contributed by atoms with Gasteiger partial charge in [-0.2, -0.15) is 0 Å². The fraction of sp³-hybridized carbons (Fsp3) is 0.750. The zero-order valence-electron chi connectivity index (χ0n) is 7.84. The molecule has 0 rings (SSSR count). The maximum Gasteiger partial charge on any atom is 0.306 e. The van der Waals surface area contributed by atoms with E-state index in [0.717, 1.165) is 0 Å². The summed E-state index contributed by atoms with van der Waals surface area (Å²) in [6, 6.07) is 0. The van der Waals surface area contributed by atoms with Gasteiger partial charge in [-0.1, -0.05) is 0 Å². The Bertz CT molecular complexity index is 171. The lowest BCUT2D eigenvalue weighted by Crippen LogP contribution is -2.29. The van der Waals surface area contributed by atoms with Gasteiger partial charge in [0.05, 0.1) is 13.0 Å². The minimum absolute atomic E-state index is 0.129. The first-order chi connectivity index (χ1) is 6.20. The van der Waals surface area contributed by atoms with Crippen LogP contribution in [-0.2, 0) is 14.3 Å². The molecule has 0 atom stereocenters. The molecule has 0 aromatic carbocycles. The Kier molecular flexibility index (Phi) is 6.91. The normalized spacial score (nSPS) is 9.38. The average molecular weight is 188 g/mol. The van der Waals surface area contributed by atoms with E-state index in [4.69, 9.17) is 5.73 Å². The van der Waals surface area contributed by atoms with Gasteiger partial charge in [0.15, 0.2) is 0 Å². The number of esters is 1. The second kappa shape index (κ2) is 7.54. The Morgan fingerprint density at radius 3 is 2.62 bits per heavy atom. The van der Waals surface area contributed by atoms with Crippen molar-refractivity contribution in [2.24, 2.45) is 5.73 Å². The molecule has 0 aliphatic rings. The fourth-order valence-electron chi connectivity index (χ4n) is 0.749. The fourth-order valence-corrected chi connectivity index (χ4v) is 0.749. The smallest absolute Gasteiger partial charge is 0.306 e. The lowest BCUT2D eigenvalue weighted by Gasteiger charge is -2.02. The molecule has 0 spiro atoms. The number of carbonyl (C=O) groups is 2. The van der Waals surface area contributed by atoms with Crippen molar-refractivity contribution in [2.45, 2.75) is 19.8 Å². The molecule has 0 aromatic heterocycles. The summed E-state index contributed by atoms with van der Waals surface area (Å²) in [5.74, 6) is -0.510.